The number of carbonyl (C=O) groups excluding carboxylic acids is 1. The predicted octanol–water partition coefficient (Wildman–Crippen LogP) is 7.15. The lowest BCUT2D eigenvalue weighted by atomic mass is 10.1. The Morgan fingerprint density at radius 3 is 2.03 bits per heavy atom. The molecule has 0 spiro atoms. The van der Waals surface area contributed by atoms with Gasteiger partial charge < -0.3 is 5.32 Å². The van der Waals surface area contributed by atoms with Crippen molar-refractivity contribution in [3.8, 4) is 0 Å². The van der Waals surface area contributed by atoms with Crippen molar-refractivity contribution in [2.45, 2.75) is 17.6 Å². The molecule has 3 aromatic carbocycles. The second kappa shape index (κ2) is 10.9. The van der Waals surface area contributed by atoms with Gasteiger partial charge in [0.1, 0.15) is 0 Å². The lowest BCUT2D eigenvalue weighted by molar-refractivity contribution is -0.137. The zero-order chi connectivity index (χ0) is 26.0. The minimum atomic E-state index is -4.81. The third kappa shape index (κ3) is 6.81. The van der Waals surface area contributed by atoms with Crippen molar-refractivity contribution < 1.29 is 26.4 Å². The van der Waals surface area contributed by atoms with Crippen molar-refractivity contribution in [3.05, 3.63) is 91.9 Å². The summed E-state index contributed by atoms with van der Waals surface area (Å²) in [5.74, 6) is -1.03. The summed E-state index contributed by atoms with van der Waals surface area (Å²) >= 11 is 23.9. The lowest BCUT2D eigenvalue weighted by Crippen LogP contribution is -2.38. The summed E-state index contributed by atoms with van der Waals surface area (Å²) in [5, 5.41) is 2.50. The molecule has 0 saturated heterocycles. The number of benzene rings is 3. The maximum atomic E-state index is 13.4. The highest BCUT2D eigenvalue weighted by molar-refractivity contribution is 7.89. The van der Waals surface area contributed by atoms with E-state index in [1.807, 2.05) is 0 Å². The fourth-order valence-corrected chi connectivity index (χ4v) is 5.23. The number of hydrogen-bond donors (Lipinski definition) is 1. The molecule has 0 unspecified atom stereocenters. The van der Waals surface area contributed by atoms with Crippen LogP contribution in [0.1, 0.15) is 11.1 Å². The number of hydrogen-bond acceptors (Lipinski definition) is 3. The van der Waals surface area contributed by atoms with Gasteiger partial charge in [0.05, 0.1) is 22.7 Å². The zero-order valence-corrected chi connectivity index (χ0v) is 21.3. The number of nitrogens with zero attached hydrogens (tertiary/aromatic N) is 1. The number of rotatable bonds is 7. The molecule has 5 nitrogen and oxygen atoms in total. The number of carbonyl (C=O) groups is 1. The molecule has 0 heterocycles. The molecule has 0 aliphatic carbocycles. The van der Waals surface area contributed by atoms with Crippen molar-refractivity contribution in [1.82, 2.24) is 4.31 Å². The molecular weight excluding hydrogens is 571 g/mol. The molecular formula is C22H15Cl4F3N2O3S. The highest BCUT2D eigenvalue weighted by Gasteiger charge is 2.35. The van der Waals surface area contributed by atoms with Crippen molar-refractivity contribution in [2.75, 3.05) is 11.9 Å². The largest absolute Gasteiger partial charge is 0.418 e. The summed E-state index contributed by atoms with van der Waals surface area (Å²) < 4.78 is 67.7. The second-order valence-electron chi connectivity index (χ2n) is 7.16. The molecule has 0 fully saturated rings. The van der Waals surface area contributed by atoms with Crippen LogP contribution in [0, 0.1) is 0 Å². The highest BCUT2D eigenvalue weighted by atomic mass is 35.5. The first kappa shape index (κ1) is 27.6. The summed E-state index contributed by atoms with van der Waals surface area (Å²) in [4.78, 5) is 12.6. The zero-order valence-electron chi connectivity index (χ0n) is 17.4. The quantitative estimate of drug-likeness (QED) is 0.320. The van der Waals surface area contributed by atoms with E-state index in [2.05, 4.69) is 5.32 Å². The summed E-state index contributed by atoms with van der Waals surface area (Å²) in [7, 11) is -4.33. The normalized spacial score (nSPS) is 12.1. The SMILES string of the molecule is O=C(CN(Cc1c(Cl)cccc1Cl)S(=O)(=O)c1ccc(Cl)cc1)Nc1ccc(Cl)cc1C(F)(F)F. The van der Waals surface area contributed by atoms with Gasteiger partial charge in [0.25, 0.3) is 0 Å². The molecule has 0 bridgehead atoms. The van der Waals surface area contributed by atoms with Crippen LogP contribution >= 0.6 is 46.4 Å². The third-order valence-electron chi connectivity index (χ3n) is 4.73. The van der Waals surface area contributed by atoms with Gasteiger partial charge in [-0.25, -0.2) is 8.42 Å². The van der Waals surface area contributed by atoms with Gasteiger partial charge in [-0.15, -0.1) is 0 Å². The average molecular weight is 586 g/mol. The van der Waals surface area contributed by atoms with E-state index in [0.29, 0.717) is 6.07 Å². The molecule has 0 aliphatic heterocycles. The van der Waals surface area contributed by atoms with Crippen LogP contribution in [0.5, 0.6) is 0 Å². The fourth-order valence-electron chi connectivity index (χ4n) is 3.05. The maximum Gasteiger partial charge on any atom is 0.418 e. The molecule has 1 N–H and O–H groups in total. The minimum absolute atomic E-state index is 0.145. The van der Waals surface area contributed by atoms with E-state index < -0.39 is 46.4 Å². The summed E-state index contributed by atoms with van der Waals surface area (Å²) in [6.07, 6.45) is -4.81. The van der Waals surface area contributed by atoms with Crippen LogP contribution in [0.15, 0.2) is 65.6 Å². The molecule has 13 heteroatoms. The molecule has 1 amide bonds. The van der Waals surface area contributed by atoms with E-state index in [0.717, 1.165) is 16.4 Å². The molecule has 0 radical (unpaired) electrons. The smallest absolute Gasteiger partial charge is 0.324 e. The van der Waals surface area contributed by atoms with Crippen LogP contribution in [-0.4, -0.2) is 25.2 Å². The Balaban J connectivity index is 1.97. The molecule has 0 atom stereocenters. The first-order valence-electron chi connectivity index (χ1n) is 9.64. The van der Waals surface area contributed by atoms with E-state index >= 15 is 0 Å². The molecule has 35 heavy (non-hydrogen) atoms. The van der Waals surface area contributed by atoms with Gasteiger partial charge in [0.15, 0.2) is 0 Å². The highest BCUT2D eigenvalue weighted by Crippen LogP contribution is 2.36. The van der Waals surface area contributed by atoms with Gasteiger partial charge in [-0.2, -0.15) is 17.5 Å². The number of halogens is 7. The van der Waals surface area contributed by atoms with Crippen LogP contribution in [0.4, 0.5) is 18.9 Å². The standard InChI is InChI=1S/C22H15Cl4F3N2O3S/c23-13-4-7-15(8-5-13)35(33,34)31(11-16-18(25)2-1-3-19(16)26)12-21(32)30-20-9-6-14(24)10-17(20)22(27,28)29/h1-10H,11-12H2,(H,30,32). The molecule has 0 saturated carbocycles. The van der Waals surface area contributed by atoms with E-state index in [9.17, 15) is 26.4 Å². The number of sulfonamides is 1. The van der Waals surface area contributed by atoms with Gasteiger partial charge in [-0.3, -0.25) is 4.79 Å². The van der Waals surface area contributed by atoms with E-state index in [1.165, 1.54) is 36.4 Å². The van der Waals surface area contributed by atoms with E-state index in [1.54, 1.807) is 6.07 Å². The predicted molar refractivity (Wildman–Crippen MR) is 131 cm³/mol. The van der Waals surface area contributed by atoms with Crippen molar-refractivity contribution in [1.29, 1.82) is 0 Å². The summed E-state index contributed by atoms with van der Waals surface area (Å²) in [6.45, 7) is -1.27. The number of anilines is 1. The molecule has 3 aromatic rings. The summed E-state index contributed by atoms with van der Waals surface area (Å²) in [6, 6.07) is 12.5. The van der Waals surface area contributed by atoms with Gasteiger partial charge in [-0.05, 0) is 54.6 Å². The Hall–Kier alpha value is -2.01. The number of amides is 1. The maximum absolute atomic E-state index is 13.4. The molecule has 186 valence electrons. The van der Waals surface area contributed by atoms with Crippen LogP contribution in [0.25, 0.3) is 0 Å². The Morgan fingerprint density at radius 1 is 0.886 bits per heavy atom. The van der Waals surface area contributed by atoms with Crippen LogP contribution in [-0.2, 0) is 27.5 Å². The third-order valence-corrected chi connectivity index (χ3v) is 7.73. The van der Waals surface area contributed by atoms with Crippen LogP contribution in [0.3, 0.4) is 0 Å². The second-order valence-corrected chi connectivity index (χ2v) is 10.8. The van der Waals surface area contributed by atoms with E-state index in [4.69, 9.17) is 46.4 Å². The van der Waals surface area contributed by atoms with Gasteiger partial charge in [0, 0.05) is 32.2 Å². The van der Waals surface area contributed by atoms with Crippen LogP contribution in [0.2, 0.25) is 20.1 Å². The number of alkyl halides is 3. The Kier molecular flexibility index (Phi) is 8.62. The monoisotopic (exact) mass is 584 g/mol. The lowest BCUT2D eigenvalue weighted by Gasteiger charge is -2.23. The van der Waals surface area contributed by atoms with Crippen molar-refractivity contribution in [3.63, 3.8) is 0 Å². The number of nitrogens with one attached hydrogen (secondary N) is 1. The topological polar surface area (TPSA) is 66.5 Å². The Bertz CT molecular complexity index is 1330. The first-order chi connectivity index (χ1) is 16.3. The summed E-state index contributed by atoms with van der Waals surface area (Å²) in [5.41, 5.74) is -1.55. The Labute approximate surface area is 219 Å². The van der Waals surface area contributed by atoms with Crippen LogP contribution < -0.4 is 5.32 Å². The minimum Gasteiger partial charge on any atom is -0.324 e. The first-order valence-corrected chi connectivity index (χ1v) is 12.6. The molecule has 0 aliphatic rings. The van der Waals surface area contributed by atoms with Crippen molar-refractivity contribution in [2.24, 2.45) is 0 Å². The van der Waals surface area contributed by atoms with Gasteiger partial charge in [0.2, 0.25) is 15.9 Å². The van der Waals surface area contributed by atoms with Crippen molar-refractivity contribution >= 4 is 68.0 Å². The Morgan fingerprint density at radius 2 is 1.46 bits per heavy atom. The molecule has 3 rings (SSSR count). The van der Waals surface area contributed by atoms with E-state index in [-0.39, 0.29) is 30.5 Å². The average Bonchev–Trinajstić information content (AvgIpc) is 2.76. The van der Waals surface area contributed by atoms with Gasteiger partial charge in [-0.1, -0.05) is 52.5 Å². The van der Waals surface area contributed by atoms with Gasteiger partial charge >= 0.3 is 6.18 Å². The fraction of sp³-hybridized carbons (Fsp3) is 0.136. The molecule has 0 aromatic heterocycles.